The van der Waals surface area contributed by atoms with Gasteiger partial charge in [-0.1, -0.05) is 0 Å². The van der Waals surface area contributed by atoms with Crippen LogP contribution in [0.5, 0.6) is 0 Å². The van der Waals surface area contributed by atoms with E-state index in [-0.39, 0.29) is 4.90 Å². The van der Waals surface area contributed by atoms with Crippen molar-refractivity contribution in [2.24, 2.45) is 0 Å². The quantitative estimate of drug-likeness (QED) is 0.794. The third-order valence-corrected chi connectivity index (χ3v) is 5.85. The Morgan fingerprint density at radius 1 is 0.955 bits per heavy atom. The maximum atomic E-state index is 12.6. The standard InChI is InChI=1S/C14H21N3O4S/c15-13-11-12(22(18,19)17-5-9-21-10-6-17)1-2-14(13)16-3-7-20-8-4-16/h1-2,11H,3-10,15H2. The van der Waals surface area contributed by atoms with Gasteiger partial charge in [-0.15, -0.1) is 0 Å². The fourth-order valence-corrected chi connectivity index (χ4v) is 4.17. The zero-order valence-corrected chi connectivity index (χ0v) is 13.2. The molecule has 22 heavy (non-hydrogen) atoms. The smallest absolute Gasteiger partial charge is 0.243 e. The molecular weight excluding hydrogens is 306 g/mol. The van der Waals surface area contributed by atoms with Crippen LogP contribution in [-0.4, -0.2) is 65.3 Å². The van der Waals surface area contributed by atoms with Gasteiger partial charge in [0, 0.05) is 26.2 Å². The molecule has 2 heterocycles. The van der Waals surface area contributed by atoms with Crippen LogP contribution in [0.2, 0.25) is 0 Å². The highest BCUT2D eigenvalue weighted by molar-refractivity contribution is 7.89. The van der Waals surface area contributed by atoms with Crippen molar-refractivity contribution in [2.45, 2.75) is 4.90 Å². The molecule has 1 aromatic rings. The minimum atomic E-state index is -3.50. The second-order valence-corrected chi connectivity index (χ2v) is 7.27. The summed E-state index contributed by atoms with van der Waals surface area (Å²) in [5.41, 5.74) is 7.44. The van der Waals surface area contributed by atoms with Crippen molar-refractivity contribution in [2.75, 3.05) is 63.2 Å². The van der Waals surface area contributed by atoms with Gasteiger partial charge >= 0.3 is 0 Å². The van der Waals surface area contributed by atoms with Crippen LogP contribution in [0.3, 0.4) is 0 Å². The van der Waals surface area contributed by atoms with E-state index >= 15 is 0 Å². The minimum absolute atomic E-state index is 0.240. The van der Waals surface area contributed by atoms with Crippen LogP contribution in [0.15, 0.2) is 23.1 Å². The number of hydrogen-bond acceptors (Lipinski definition) is 6. The van der Waals surface area contributed by atoms with Crippen molar-refractivity contribution < 1.29 is 17.9 Å². The van der Waals surface area contributed by atoms with Crippen LogP contribution in [0.4, 0.5) is 11.4 Å². The zero-order valence-electron chi connectivity index (χ0n) is 12.4. The summed E-state index contributed by atoms with van der Waals surface area (Å²) in [4.78, 5) is 2.35. The molecule has 7 nitrogen and oxygen atoms in total. The van der Waals surface area contributed by atoms with E-state index in [4.69, 9.17) is 15.2 Å². The average Bonchev–Trinajstić information content (AvgIpc) is 2.56. The van der Waals surface area contributed by atoms with Crippen molar-refractivity contribution in [1.29, 1.82) is 0 Å². The number of nitrogen functional groups attached to an aromatic ring is 1. The monoisotopic (exact) mass is 327 g/mol. The van der Waals surface area contributed by atoms with Crippen LogP contribution in [-0.2, 0) is 19.5 Å². The molecule has 0 amide bonds. The summed E-state index contributed by atoms with van der Waals surface area (Å²) >= 11 is 0. The third-order valence-electron chi connectivity index (χ3n) is 3.96. The summed E-state index contributed by atoms with van der Waals surface area (Å²) in [7, 11) is -3.50. The van der Waals surface area contributed by atoms with Gasteiger partial charge in [0.15, 0.2) is 0 Å². The fourth-order valence-electron chi connectivity index (χ4n) is 2.72. The molecular formula is C14H21N3O4S. The first-order chi connectivity index (χ1) is 10.6. The number of sulfonamides is 1. The van der Waals surface area contributed by atoms with Crippen LogP contribution in [0, 0.1) is 0 Å². The van der Waals surface area contributed by atoms with E-state index in [0.29, 0.717) is 45.2 Å². The van der Waals surface area contributed by atoms with Crippen molar-refractivity contribution in [3.63, 3.8) is 0 Å². The maximum absolute atomic E-state index is 12.6. The SMILES string of the molecule is Nc1cc(S(=O)(=O)N2CCOCC2)ccc1N1CCOCC1. The number of benzene rings is 1. The van der Waals surface area contributed by atoms with Gasteiger partial charge in [0.25, 0.3) is 0 Å². The lowest BCUT2D eigenvalue weighted by atomic mass is 10.2. The van der Waals surface area contributed by atoms with Gasteiger partial charge in [0.05, 0.1) is 42.7 Å². The molecule has 2 saturated heterocycles. The summed E-state index contributed by atoms with van der Waals surface area (Å²) in [5.74, 6) is 0. The van der Waals surface area contributed by atoms with Crippen LogP contribution < -0.4 is 10.6 Å². The number of anilines is 2. The lowest BCUT2D eigenvalue weighted by molar-refractivity contribution is 0.0730. The molecule has 0 bridgehead atoms. The number of hydrogen-bond donors (Lipinski definition) is 1. The van der Waals surface area contributed by atoms with E-state index in [1.807, 2.05) is 0 Å². The molecule has 0 aliphatic carbocycles. The Kier molecular flexibility index (Phi) is 4.53. The van der Waals surface area contributed by atoms with Crippen LogP contribution >= 0.6 is 0 Å². The number of morpholine rings is 2. The molecule has 0 aromatic heterocycles. The molecule has 8 heteroatoms. The Morgan fingerprint density at radius 3 is 2.14 bits per heavy atom. The molecule has 2 N–H and O–H groups in total. The first-order valence-corrected chi connectivity index (χ1v) is 8.83. The predicted molar refractivity (Wildman–Crippen MR) is 83.5 cm³/mol. The van der Waals surface area contributed by atoms with Crippen LogP contribution in [0.1, 0.15) is 0 Å². The maximum Gasteiger partial charge on any atom is 0.243 e. The van der Waals surface area contributed by atoms with Gasteiger partial charge in [-0.05, 0) is 18.2 Å². The molecule has 122 valence electrons. The highest BCUT2D eigenvalue weighted by Crippen LogP contribution is 2.28. The largest absolute Gasteiger partial charge is 0.397 e. The molecule has 2 aliphatic rings. The third kappa shape index (κ3) is 3.05. The molecule has 0 saturated carbocycles. The zero-order chi connectivity index (χ0) is 15.6. The van der Waals surface area contributed by atoms with E-state index in [1.165, 1.54) is 4.31 Å². The van der Waals surface area contributed by atoms with E-state index < -0.39 is 10.0 Å². The van der Waals surface area contributed by atoms with Gasteiger partial charge < -0.3 is 20.1 Å². The molecule has 0 atom stereocenters. The fraction of sp³-hybridized carbons (Fsp3) is 0.571. The number of nitrogens with two attached hydrogens (primary N) is 1. The molecule has 0 unspecified atom stereocenters. The van der Waals surface area contributed by atoms with Gasteiger partial charge in [-0.2, -0.15) is 4.31 Å². The Bertz CT molecular complexity index is 623. The van der Waals surface area contributed by atoms with Crippen molar-refractivity contribution in [1.82, 2.24) is 4.31 Å². The van der Waals surface area contributed by atoms with Gasteiger partial charge in [-0.25, -0.2) is 8.42 Å². The lowest BCUT2D eigenvalue weighted by Crippen LogP contribution is -2.40. The van der Waals surface area contributed by atoms with Crippen LogP contribution in [0.25, 0.3) is 0 Å². The summed E-state index contributed by atoms with van der Waals surface area (Å²) in [5, 5.41) is 0. The minimum Gasteiger partial charge on any atom is -0.397 e. The molecule has 2 fully saturated rings. The number of rotatable bonds is 3. The summed E-state index contributed by atoms with van der Waals surface area (Å²) in [6, 6.07) is 4.97. The lowest BCUT2D eigenvalue weighted by Gasteiger charge is -2.30. The van der Waals surface area contributed by atoms with Gasteiger partial charge in [0.1, 0.15) is 0 Å². The van der Waals surface area contributed by atoms with E-state index in [1.54, 1.807) is 18.2 Å². The van der Waals surface area contributed by atoms with Gasteiger partial charge in [-0.3, -0.25) is 0 Å². The van der Waals surface area contributed by atoms with E-state index in [2.05, 4.69) is 4.90 Å². The number of ether oxygens (including phenoxy) is 2. The molecule has 1 aromatic carbocycles. The van der Waals surface area contributed by atoms with Crippen molar-refractivity contribution >= 4 is 21.4 Å². The van der Waals surface area contributed by atoms with Crippen molar-refractivity contribution in [3.8, 4) is 0 Å². The summed E-state index contributed by atoms with van der Waals surface area (Å²) < 4.78 is 37.2. The highest BCUT2D eigenvalue weighted by atomic mass is 32.2. The second-order valence-electron chi connectivity index (χ2n) is 5.34. The Hall–Kier alpha value is -1.35. The summed E-state index contributed by atoms with van der Waals surface area (Å²) in [6.45, 7) is 4.47. The molecule has 2 aliphatic heterocycles. The second kappa shape index (κ2) is 6.41. The Morgan fingerprint density at radius 2 is 1.55 bits per heavy atom. The predicted octanol–water partition coefficient (Wildman–Crippen LogP) is 0.126. The Labute approximate surface area is 130 Å². The average molecular weight is 327 g/mol. The first kappa shape index (κ1) is 15.5. The summed E-state index contributed by atoms with van der Waals surface area (Å²) in [6.07, 6.45) is 0. The Balaban J connectivity index is 1.84. The number of nitrogens with zero attached hydrogens (tertiary/aromatic N) is 2. The highest BCUT2D eigenvalue weighted by Gasteiger charge is 2.27. The topological polar surface area (TPSA) is 85.1 Å². The molecule has 3 rings (SSSR count). The van der Waals surface area contributed by atoms with E-state index in [9.17, 15) is 8.42 Å². The normalized spacial score (nSPS) is 21.0. The molecule has 0 spiro atoms. The van der Waals surface area contributed by atoms with E-state index in [0.717, 1.165) is 18.8 Å². The van der Waals surface area contributed by atoms with Crippen molar-refractivity contribution in [3.05, 3.63) is 18.2 Å². The molecule has 0 radical (unpaired) electrons. The van der Waals surface area contributed by atoms with Gasteiger partial charge in [0.2, 0.25) is 10.0 Å². The first-order valence-electron chi connectivity index (χ1n) is 7.39.